The summed E-state index contributed by atoms with van der Waals surface area (Å²) in [6, 6.07) is 9.50. The second kappa shape index (κ2) is 5.71. The Balaban J connectivity index is 1.85. The number of thiophene rings is 1. The Morgan fingerprint density at radius 1 is 1.14 bits per heavy atom. The van der Waals surface area contributed by atoms with Crippen LogP contribution in [-0.2, 0) is 10.0 Å². The molecule has 0 unspecified atom stereocenters. The molecule has 0 bridgehead atoms. The van der Waals surface area contributed by atoms with Gasteiger partial charge in [0.05, 0.1) is 0 Å². The number of hydrogen-bond donors (Lipinski definition) is 0. The monoisotopic (exact) mass is 323 g/mol. The second-order valence-corrected chi connectivity index (χ2v) is 7.60. The zero-order valence-corrected chi connectivity index (χ0v) is 12.8. The van der Waals surface area contributed by atoms with Crippen LogP contribution >= 0.6 is 11.3 Å². The summed E-state index contributed by atoms with van der Waals surface area (Å²) in [6.07, 6.45) is 2.56. The minimum atomic E-state index is -3.77. The first kappa shape index (κ1) is 14.4. The van der Waals surface area contributed by atoms with E-state index in [4.69, 9.17) is 0 Å². The SMILES string of the molecule is O=S(=O)(c1ccccc1F)N1CC=C(c2cccs2)CC1. The zero-order valence-electron chi connectivity index (χ0n) is 11.2. The minimum Gasteiger partial charge on any atom is -0.207 e. The highest BCUT2D eigenvalue weighted by molar-refractivity contribution is 7.89. The Kier molecular flexibility index (Phi) is 3.93. The highest BCUT2D eigenvalue weighted by Crippen LogP contribution is 2.29. The Morgan fingerprint density at radius 2 is 1.95 bits per heavy atom. The molecule has 0 spiro atoms. The normalized spacial score (nSPS) is 16.7. The van der Waals surface area contributed by atoms with Gasteiger partial charge < -0.3 is 0 Å². The topological polar surface area (TPSA) is 37.4 Å². The summed E-state index contributed by atoms with van der Waals surface area (Å²) in [5.41, 5.74) is 1.16. The van der Waals surface area contributed by atoms with Gasteiger partial charge in [0, 0.05) is 18.0 Å². The van der Waals surface area contributed by atoms with Gasteiger partial charge in [-0.05, 0) is 35.6 Å². The van der Waals surface area contributed by atoms with Gasteiger partial charge in [-0.25, -0.2) is 12.8 Å². The van der Waals surface area contributed by atoms with E-state index in [0.29, 0.717) is 13.0 Å². The molecule has 1 aliphatic rings. The standard InChI is InChI=1S/C15H14FNO2S2/c16-13-4-1-2-6-15(13)21(18,19)17-9-7-12(8-10-17)14-5-3-11-20-14/h1-7,11H,8-10H2. The molecule has 110 valence electrons. The van der Waals surface area contributed by atoms with Crippen LogP contribution in [0.3, 0.4) is 0 Å². The van der Waals surface area contributed by atoms with Crippen molar-refractivity contribution >= 4 is 26.9 Å². The number of halogens is 1. The first-order valence-corrected chi connectivity index (χ1v) is 8.88. The molecule has 2 heterocycles. The number of rotatable bonds is 3. The number of sulfonamides is 1. The lowest BCUT2D eigenvalue weighted by molar-refractivity contribution is 0.436. The Morgan fingerprint density at radius 3 is 2.57 bits per heavy atom. The van der Waals surface area contributed by atoms with Crippen LogP contribution in [-0.4, -0.2) is 25.8 Å². The molecular formula is C15H14FNO2S2. The summed E-state index contributed by atoms with van der Waals surface area (Å²) in [5.74, 6) is -0.703. The molecule has 0 aliphatic carbocycles. The van der Waals surface area contributed by atoms with Gasteiger partial charge in [0.2, 0.25) is 10.0 Å². The van der Waals surface area contributed by atoms with Crippen molar-refractivity contribution < 1.29 is 12.8 Å². The van der Waals surface area contributed by atoms with E-state index < -0.39 is 15.8 Å². The van der Waals surface area contributed by atoms with E-state index in [1.54, 1.807) is 11.3 Å². The van der Waals surface area contributed by atoms with Crippen LogP contribution in [0, 0.1) is 5.82 Å². The molecule has 6 heteroatoms. The summed E-state index contributed by atoms with van der Waals surface area (Å²) in [5, 5.41) is 2.00. The first-order valence-electron chi connectivity index (χ1n) is 6.56. The minimum absolute atomic E-state index is 0.252. The van der Waals surface area contributed by atoms with E-state index in [1.165, 1.54) is 28.6 Å². The van der Waals surface area contributed by atoms with Gasteiger partial charge in [0.25, 0.3) is 0 Å². The molecule has 0 N–H and O–H groups in total. The van der Waals surface area contributed by atoms with E-state index in [9.17, 15) is 12.8 Å². The molecule has 1 aromatic heterocycles. The summed E-state index contributed by atoms with van der Waals surface area (Å²) in [7, 11) is -3.77. The fourth-order valence-corrected chi connectivity index (χ4v) is 4.59. The molecule has 0 fully saturated rings. The highest BCUT2D eigenvalue weighted by Gasteiger charge is 2.28. The lowest BCUT2D eigenvalue weighted by atomic mass is 10.1. The van der Waals surface area contributed by atoms with E-state index in [2.05, 4.69) is 0 Å². The highest BCUT2D eigenvalue weighted by atomic mass is 32.2. The van der Waals surface area contributed by atoms with Crippen molar-refractivity contribution in [3.8, 4) is 0 Å². The van der Waals surface area contributed by atoms with Gasteiger partial charge in [0.1, 0.15) is 10.7 Å². The third-order valence-corrected chi connectivity index (χ3v) is 6.31. The fourth-order valence-electron chi connectivity index (χ4n) is 2.35. The van der Waals surface area contributed by atoms with Crippen LogP contribution in [0.25, 0.3) is 5.57 Å². The summed E-state index contributed by atoms with van der Waals surface area (Å²) >= 11 is 1.64. The number of hydrogen-bond acceptors (Lipinski definition) is 3. The van der Waals surface area contributed by atoms with Gasteiger partial charge >= 0.3 is 0 Å². The van der Waals surface area contributed by atoms with Crippen molar-refractivity contribution in [3.63, 3.8) is 0 Å². The summed E-state index contributed by atoms with van der Waals surface area (Å²) in [6.45, 7) is 0.657. The van der Waals surface area contributed by atoms with Crippen LogP contribution in [0.1, 0.15) is 11.3 Å². The van der Waals surface area contributed by atoms with E-state index in [0.717, 1.165) is 10.5 Å². The first-order chi connectivity index (χ1) is 10.1. The van der Waals surface area contributed by atoms with Crippen LogP contribution in [0.4, 0.5) is 4.39 Å². The van der Waals surface area contributed by atoms with Crippen LogP contribution in [0.2, 0.25) is 0 Å². The van der Waals surface area contributed by atoms with E-state index in [-0.39, 0.29) is 11.4 Å². The molecule has 1 aromatic carbocycles. The molecule has 3 rings (SSSR count). The van der Waals surface area contributed by atoms with Crippen LogP contribution in [0.5, 0.6) is 0 Å². The Hall–Kier alpha value is -1.50. The van der Waals surface area contributed by atoms with Crippen molar-refractivity contribution in [3.05, 3.63) is 58.5 Å². The second-order valence-electron chi connectivity index (χ2n) is 4.75. The maximum absolute atomic E-state index is 13.7. The van der Waals surface area contributed by atoms with Gasteiger partial charge in [-0.3, -0.25) is 0 Å². The van der Waals surface area contributed by atoms with Crippen LogP contribution in [0.15, 0.2) is 52.7 Å². The smallest absolute Gasteiger partial charge is 0.207 e. The van der Waals surface area contributed by atoms with Crippen molar-refractivity contribution in [2.24, 2.45) is 0 Å². The van der Waals surface area contributed by atoms with Gasteiger partial charge in [0.15, 0.2) is 0 Å². The molecule has 0 saturated carbocycles. The quantitative estimate of drug-likeness (QED) is 0.868. The van der Waals surface area contributed by atoms with Crippen molar-refractivity contribution in [2.45, 2.75) is 11.3 Å². The molecule has 3 nitrogen and oxygen atoms in total. The average Bonchev–Trinajstić information content (AvgIpc) is 3.02. The Bertz CT molecular complexity index is 767. The largest absolute Gasteiger partial charge is 0.246 e. The third-order valence-electron chi connectivity index (χ3n) is 3.46. The van der Waals surface area contributed by atoms with Crippen molar-refractivity contribution in [1.29, 1.82) is 0 Å². The molecule has 21 heavy (non-hydrogen) atoms. The maximum atomic E-state index is 13.7. The number of benzene rings is 1. The molecule has 1 aliphatic heterocycles. The molecule has 0 amide bonds. The van der Waals surface area contributed by atoms with Crippen molar-refractivity contribution in [1.82, 2.24) is 4.31 Å². The van der Waals surface area contributed by atoms with E-state index >= 15 is 0 Å². The van der Waals surface area contributed by atoms with Gasteiger partial charge in [-0.2, -0.15) is 4.31 Å². The summed E-state index contributed by atoms with van der Waals surface area (Å²) < 4.78 is 40.0. The number of nitrogens with zero attached hydrogens (tertiary/aromatic N) is 1. The maximum Gasteiger partial charge on any atom is 0.246 e. The fraction of sp³-hybridized carbons (Fsp3) is 0.200. The Labute approximate surface area is 127 Å². The predicted octanol–water partition coefficient (Wildman–Crippen LogP) is 3.37. The van der Waals surface area contributed by atoms with Crippen molar-refractivity contribution in [2.75, 3.05) is 13.1 Å². The molecule has 0 atom stereocenters. The van der Waals surface area contributed by atoms with Gasteiger partial charge in [-0.15, -0.1) is 11.3 Å². The van der Waals surface area contributed by atoms with E-state index in [1.807, 2.05) is 23.6 Å². The zero-order chi connectivity index (χ0) is 14.9. The molecular weight excluding hydrogens is 309 g/mol. The van der Waals surface area contributed by atoms with Crippen LogP contribution < -0.4 is 0 Å². The molecule has 0 saturated heterocycles. The lowest BCUT2D eigenvalue weighted by Gasteiger charge is -2.25. The van der Waals surface area contributed by atoms with Gasteiger partial charge in [-0.1, -0.05) is 24.3 Å². The lowest BCUT2D eigenvalue weighted by Crippen LogP contribution is -2.35. The third kappa shape index (κ3) is 2.79. The molecule has 2 aromatic rings. The molecule has 0 radical (unpaired) electrons. The average molecular weight is 323 g/mol. The predicted molar refractivity (Wildman–Crippen MR) is 82.1 cm³/mol. The summed E-state index contributed by atoms with van der Waals surface area (Å²) in [4.78, 5) is 0.913.